The SMILES string of the molecule is C[C@@H]1CCCN(Cc2c(C3CCNCC3)[nH]c3ncccc23)[C@@H]1C. The number of aromatic nitrogens is 2. The fourth-order valence-corrected chi connectivity index (χ4v) is 4.57. The molecule has 2 aliphatic heterocycles. The molecule has 24 heavy (non-hydrogen) atoms. The minimum Gasteiger partial charge on any atom is -0.343 e. The third kappa shape index (κ3) is 2.98. The highest BCUT2D eigenvalue weighted by Gasteiger charge is 2.28. The average Bonchev–Trinajstić information content (AvgIpc) is 2.98. The van der Waals surface area contributed by atoms with Crippen LogP contribution in [-0.2, 0) is 6.54 Å². The number of hydrogen-bond acceptors (Lipinski definition) is 3. The smallest absolute Gasteiger partial charge is 0.137 e. The van der Waals surface area contributed by atoms with E-state index in [1.807, 2.05) is 6.20 Å². The summed E-state index contributed by atoms with van der Waals surface area (Å²) < 4.78 is 0. The van der Waals surface area contributed by atoms with Crippen molar-refractivity contribution in [2.24, 2.45) is 5.92 Å². The third-order valence-corrected chi connectivity index (χ3v) is 6.32. The Kier molecular flexibility index (Phi) is 4.59. The van der Waals surface area contributed by atoms with Crippen molar-refractivity contribution in [3.05, 3.63) is 29.6 Å². The molecular weight excluding hydrogens is 296 g/mol. The highest BCUT2D eigenvalue weighted by Crippen LogP contribution is 2.34. The van der Waals surface area contributed by atoms with Crippen molar-refractivity contribution >= 4 is 11.0 Å². The summed E-state index contributed by atoms with van der Waals surface area (Å²) in [7, 11) is 0. The van der Waals surface area contributed by atoms with Gasteiger partial charge in [0.2, 0.25) is 0 Å². The summed E-state index contributed by atoms with van der Waals surface area (Å²) in [6.07, 6.45) is 7.06. The lowest BCUT2D eigenvalue weighted by Crippen LogP contribution is -2.42. The normalized spacial score (nSPS) is 26.9. The molecule has 130 valence electrons. The van der Waals surface area contributed by atoms with E-state index in [1.165, 1.54) is 48.9 Å². The summed E-state index contributed by atoms with van der Waals surface area (Å²) in [6.45, 7) is 9.36. The predicted molar refractivity (Wildman–Crippen MR) is 99.2 cm³/mol. The Morgan fingerprint density at radius 3 is 2.88 bits per heavy atom. The number of rotatable bonds is 3. The highest BCUT2D eigenvalue weighted by molar-refractivity contribution is 5.81. The van der Waals surface area contributed by atoms with Gasteiger partial charge in [0.15, 0.2) is 0 Å². The van der Waals surface area contributed by atoms with Crippen molar-refractivity contribution in [3.63, 3.8) is 0 Å². The number of aromatic amines is 1. The van der Waals surface area contributed by atoms with Crippen LogP contribution in [0.5, 0.6) is 0 Å². The minimum atomic E-state index is 0.646. The summed E-state index contributed by atoms with van der Waals surface area (Å²) >= 11 is 0. The second-order valence-electron chi connectivity index (χ2n) is 7.77. The van der Waals surface area contributed by atoms with E-state index in [-0.39, 0.29) is 0 Å². The predicted octanol–water partition coefficient (Wildman–Crippen LogP) is 3.65. The van der Waals surface area contributed by atoms with Crippen molar-refractivity contribution in [1.82, 2.24) is 20.2 Å². The molecule has 0 amide bonds. The maximum atomic E-state index is 4.59. The Morgan fingerprint density at radius 1 is 1.21 bits per heavy atom. The number of piperidine rings is 2. The molecule has 0 unspecified atom stereocenters. The van der Waals surface area contributed by atoms with E-state index in [1.54, 1.807) is 0 Å². The molecule has 0 bridgehead atoms. The number of hydrogen-bond donors (Lipinski definition) is 2. The lowest BCUT2D eigenvalue weighted by atomic mass is 9.89. The number of H-pyrrole nitrogens is 1. The van der Waals surface area contributed by atoms with Gasteiger partial charge in [-0.05, 0) is 75.9 Å². The molecule has 4 heterocycles. The monoisotopic (exact) mass is 326 g/mol. The Bertz CT molecular complexity index is 686. The fourth-order valence-electron chi connectivity index (χ4n) is 4.57. The van der Waals surface area contributed by atoms with E-state index in [4.69, 9.17) is 0 Å². The van der Waals surface area contributed by atoms with Gasteiger partial charge >= 0.3 is 0 Å². The van der Waals surface area contributed by atoms with Gasteiger partial charge in [-0.15, -0.1) is 0 Å². The molecule has 2 aliphatic rings. The fraction of sp³-hybridized carbons (Fsp3) is 0.650. The maximum absolute atomic E-state index is 4.59. The van der Waals surface area contributed by atoms with Crippen LogP contribution >= 0.6 is 0 Å². The van der Waals surface area contributed by atoms with E-state index in [9.17, 15) is 0 Å². The Balaban J connectivity index is 1.69. The first kappa shape index (κ1) is 16.1. The Labute approximate surface area is 145 Å². The second kappa shape index (κ2) is 6.85. The van der Waals surface area contributed by atoms with Crippen LogP contribution in [-0.4, -0.2) is 40.5 Å². The highest BCUT2D eigenvalue weighted by atomic mass is 15.2. The summed E-state index contributed by atoms with van der Waals surface area (Å²) in [5.74, 6) is 1.44. The molecule has 2 aromatic heterocycles. The molecule has 0 spiro atoms. The molecule has 2 fully saturated rings. The van der Waals surface area contributed by atoms with Crippen LogP contribution in [0.25, 0.3) is 11.0 Å². The molecule has 0 aromatic carbocycles. The molecule has 2 saturated heterocycles. The lowest BCUT2D eigenvalue weighted by Gasteiger charge is -2.38. The van der Waals surface area contributed by atoms with Crippen LogP contribution < -0.4 is 5.32 Å². The first-order valence-electron chi connectivity index (χ1n) is 9.64. The van der Waals surface area contributed by atoms with Crippen LogP contribution in [0.1, 0.15) is 56.7 Å². The quantitative estimate of drug-likeness (QED) is 0.905. The Morgan fingerprint density at radius 2 is 2.04 bits per heavy atom. The van der Waals surface area contributed by atoms with E-state index >= 15 is 0 Å². The van der Waals surface area contributed by atoms with E-state index in [0.29, 0.717) is 12.0 Å². The van der Waals surface area contributed by atoms with Gasteiger partial charge in [0.05, 0.1) is 0 Å². The summed E-state index contributed by atoms with van der Waals surface area (Å²) in [5, 5.41) is 4.82. The Hall–Kier alpha value is -1.39. The molecule has 0 radical (unpaired) electrons. The number of nitrogens with zero attached hydrogens (tertiary/aromatic N) is 2. The van der Waals surface area contributed by atoms with E-state index in [0.717, 1.165) is 31.2 Å². The zero-order valence-corrected chi connectivity index (χ0v) is 15.0. The largest absolute Gasteiger partial charge is 0.343 e. The maximum Gasteiger partial charge on any atom is 0.137 e. The standard InChI is InChI=1S/C20H30N4/c1-14-5-4-12-24(15(14)2)13-18-17-6-3-9-22-20(17)23-19(18)16-7-10-21-11-8-16/h3,6,9,14-16,21H,4-5,7-8,10-13H2,1-2H3,(H,22,23)/t14-,15-/m1/s1. The third-order valence-electron chi connectivity index (χ3n) is 6.32. The van der Waals surface area contributed by atoms with Gasteiger partial charge in [0.1, 0.15) is 5.65 Å². The van der Waals surface area contributed by atoms with Gasteiger partial charge in [-0.2, -0.15) is 0 Å². The first-order valence-corrected chi connectivity index (χ1v) is 9.64. The van der Waals surface area contributed by atoms with E-state index < -0.39 is 0 Å². The summed E-state index contributed by atoms with van der Waals surface area (Å²) in [4.78, 5) is 11.0. The molecule has 2 aromatic rings. The van der Waals surface area contributed by atoms with Gasteiger partial charge < -0.3 is 10.3 Å². The average molecular weight is 326 g/mol. The van der Waals surface area contributed by atoms with Gasteiger partial charge in [0.25, 0.3) is 0 Å². The van der Waals surface area contributed by atoms with Crippen LogP contribution in [0.3, 0.4) is 0 Å². The molecule has 0 aliphatic carbocycles. The van der Waals surface area contributed by atoms with Gasteiger partial charge in [0, 0.05) is 35.8 Å². The number of fused-ring (bicyclic) bond motifs is 1. The molecule has 4 rings (SSSR count). The van der Waals surface area contributed by atoms with Crippen LogP contribution in [0.15, 0.2) is 18.3 Å². The van der Waals surface area contributed by atoms with Crippen molar-refractivity contribution in [2.45, 2.75) is 58.0 Å². The summed E-state index contributed by atoms with van der Waals surface area (Å²) in [6, 6.07) is 4.99. The second-order valence-corrected chi connectivity index (χ2v) is 7.77. The topological polar surface area (TPSA) is 44.0 Å². The van der Waals surface area contributed by atoms with Crippen LogP contribution in [0, 0.1) is 5.92 Å². The zero-order valence-electron chi connectivity index (χ0n) is 15.0. The van der Waals surface area contributed by atoms with Crippen LogP contribution in [0.4, 0.5) is 0 Å². The molecule has 4 nitrogen and oxygen atoms in total. The van der Waals surface area contributed by atoms with Crippen molar-refractivity contribution in [1.29, 1.82) is 0 Å². The zero-order chi connectivity index (χ0) is 16.5. The first-order chi connectivity index (χ1) is 11.7. The molecule has 2 atom stereocenters. The van der Waals surface area contributed by atoms with Gasteiger partial charge in [-0.1, -0.05) is 6.92 Å². The molecule has 2 N–H and O–H groups in total. The number of nitrogens with one attached hydrogen (secondary N) is 2. The van der Waals surface area contributed by atoms with Crippen molar-refractivity contribution < 1.29 is 0 Å². The number of likely N-dealkylation sites (tertiary alicyclic amines) is 1. The van der Waals surface area contributed by atoms with Crippen molar-refractivity contribution in [3.8, 4) is 0 Å². The molecule has 4 heteroatoms. The minimum absolute atomic E-state index is 0.646. The number of pyridine rings is 1. The van der Waals surface area contributed by atoms with E-state index in [2.05, 4.69) is 46.2 Å². The summed E-state index contributed by atoms with van der Waals surface area (Å²) in [5.41, 5.74) is 4.03. The van der Waals surface area contributed by atoms with Crippen molar-refractivity contribution in [2.75, 3.05) is 19.6 Å². The molecular formula is C20H30N4. The lowest BCUT2D eigenvalue weighted by molar-refractivity contribution is 0.106. The van der Waals surface area contributed by atoms with Gasteiger partial charge in [-0.3, -0.25) is 4.90 Å². The van der Waals surface area contributed by atoms with Crippen LogP contribution in [0.2, 0.25) is 0 Å². The van der Waals surface area contributed by atoms with Gasteiger partial charge in [-0.25, -0.2) is 4.98 Å². The molecule has 0 saturated carbocycles.